The van der Waals surface area contributed by atoms with Crippen molar-refractivity contribution in [1.29, 1.82) is 0 Å². The Morgan fingerprint density at radius 2 is 2.14 bits per heavy atom. The topological polar surface area (TPSA) is 34.2 Å². The Morgan fingerprint density at radius 1 is 1.24 bits per heavy atom. The number of anilines is 1. The van der Waals surface area contributed by atoms with E-state index < -0.39 is 0 Å². The highest BCUT2D eigenvalue weighted by Gasteiger charge is 2.21. The standard InChI is InChI=1S/C16H13BrN2OS/c17-10-5-6-13-15(9-10)21-16(19-13)18-12-7-8-20-14-4-2-1-3-11(12)14/h1-6,9,12H,7-8H2,(H,18,19). The first-order valence-electron chi connectivity index (χ1n) is 6.84. The highest BCUT2D eigenvalue weighted by molar-refractivity contribution is 9.10. The molecule has 1 unspecified atom stereocenters. The molecule has 3 nitrogen and oxygen atoms in total. The van der Waals surface area contributed by atoms with Gasteiger partial charge in [-0.25, -0.2) is 4.98 Å². The molecule has 0 radical (unpaired) electrons. The second-order valence-electron chi connectivity index (χ2n) is 5.00. The Morgan fingerprint density at radius 3 is 3.10 bits per heavy atom. The van der Waals surface area contributed by atoms with E-state index in [1.165, 1.54) is 10.3 Å². The van der Waals surface area contributed by atoms with Gasteiger partial charge in [0.25, 0.3) is 0 Å². The minimum absolute atomic E-state index is 0.263. The molecule has 0 amide bonds. The van der Waals surface area contributed by atoms with Crippen LogP contribution in [0.2, 0.25) is 0 Å². The number of thiazole rings is 1. The molecule has 1 aromatic heterocycles. The van der Waals surface area contributed by atoms with Gasteiger partial charge < -0.3 is 10.1 Å². The fourth-order valence-electron chi connectivity index (χ4n) is 2.60. The van der Waals surface area contributed by atoms with Gasteiger partial charge in [0.1, 0.15) is 5.75 Å². The van der Waals surface area contributed by atoms with E-state index in [0.29, 0.717) is 0 Å². The van der Waals surface area contributed by atoms with Gasteiger partial charge in [-0.2, -0.15) is 0 Å². The van der Waals surface area contributed by atoms with Gasteiger partial charge in [0, 0.05) is 16.5 Å². The van der Waals surface area contributed by atoms with Crippen LogP contribution in [0.4, 0.5) is 5.13 Å². The summed E-state index contributed by atoms with van der Waals surface area (Å²) < 4.78 is 7.97. The molecule has 0 spiro atoms. The van der Waals surface area contributed by atoms with Crippen molar-refractivity contribution in [3.05, 3.63) is 52.5 Å². The van der Waals surface area contributed by atoms with Gasteiger partial charge in [0.2, 0.25) is 0 Å². The van der Waals surface area contributed by atoms with E-state index in [2.05, 4.69) is 44.4 Å². The number of hydrogen-bond donors (Lipinski definition) is 1. The number of benzene rings is 2. The molecule has 0 bridgehead atoms. The SMILES string of the molecule is Brc1ccc2nc(NC3CCOc4ccccc43)sc2c1. The van der Waals surface area contributed by atoms with Crippen molar-refractivity contribution >= 4 is 42.6 Å². The zero-order valence-corrected chi connectivity index (χ0v) is 13.6. The molecule has 1 aliphatic rings. The number of fused-ring (bicyclic) bond motifs is 2. The van der Waals surface area contributed by atoms with Crippen LogP contribution in [0.25, 0.3) is 10.2 Å². The van der Waals surface area contributed by atoms with Gasteiger partial charge in [-0.1, -0.05) is 45.5 Å². The molecule has 0 aliphatic carbocycles. The molecule has 5 heteroatoms. The Balaban J connectivity index is 1.66. The Bertz CT molecular complexity index is 802. The van der Waals surface area contributed by atoms with Crippen molar-refractivity contribution in [3.63, 3.8) is 0 Å². The van der Waals surface area contributed by atoms with E-state index >= 15 is 0 Å². The van der Waals surface area contributed by atoms with Crippen molar-refractivity contribution in [2.24, 2.45) is 0 Å². The fourth-order valence-corrected chi connectivity index (χ4v) is 4.07. The van der Waals surface area contributed by atoms with E-state index in [-0.39, 0.29) is 6.04 Å². The summed E-state index contributed by atoms with van der Waals surface area (Å²) in [5.41, 5.74) is 2.25. The number of nitrogens with zero attached hydrogens (tertiary/aromatic N) is 1. The summed E-state index contributed by atoms with van der Waals surface area (Å²) >= 11 is 5.19. The first kappa shape index (κ1) is 13.1. The van der Waals surface area contributed by atoms with Gasteiger partial charge in [0.05, 0.1) is 22.9 Å². The quantitative estimate of drug-likeness (QED) is 0.698. The van der Waals surface area contributed by atoms with E-state index in [1.807, 2.05) is 24.3 Å². The molecule has 0 saturated carbocycles. The number of ether oxygens (including phenoxy) is 1. The van der Waals surface area contributed by atoms with Crippen LogP contribution in [0.5, 0.6) is 5.75 Å². The lowest BCUT2D eigenvalue weighted by Crippen LogP contribution is -2.20. The van der Waals surface area contributed by atoms with Crippen LogP contribution in [0, 0.1) is 0 Å². The molecule has 2 aromatic carbocycles. The average Bonchev–Trinajstić information content (AvgIpc) is 2.89. The monoisotopic (exact) mass is 360 g/mol. The van der Waals surface area contributed by atoms with Crippen molar-refractivity contribution in [2.75, 3.05) is 11.9 Å². The van der Waals surface area contributed by atoms with Crippen LogP contribution in [0.15, 0.2) is 46.9 Å². The second-order valence-corrected chi connectivity index (χ2v) is 6.95. The van der Waals surface area contributed by atoms with Crippen molar-refractivity contribution in [1.82, 2.24) is 4.98 Å². The third-order valence-electron chi connectivity index (χ3n) is 3.61. The number of rotatable bonds is 2. The Kier molecular flexibility index (Phi) is 3.31. The lowest BCUT2D eigenvalue weighted by Gasteiger charge is -2.26. The minimum atomic E-state index is 0.263. The molecule has 0 fully saturated rings. The van der Waals surface area contributed by atoms with Crippen LogP contribution in [-0.2, 0) is 0 Å². The van der Waals surface area contributed by atoms with Crippen LogP contribution in [-0.4, -0.2) is 11.6 Å². The summed E-state index contributed by atoms with van der Waals surface area (Å²) in [5.74, 6) is 0.977. The minimum Gasteiger partial charge on any atom is -0.493 e. The fraction of sp³-hybridized carbons (Fsp3) is 0.188. The molecular formula is C16H13BrN2OS. The second kappa shape index (κ2) is 5.31. The number of nitrogens with one attached hydrogen (secondary N) is 1. The summed E-state index contributed by atoms with van der Waals surface area (Å²) in [6.45, 7) is 0.741. The maximum absolute atomic E-state index is 5.70. The lowest BCUT2D eigenvalue weighted by atomic mass is 10.0. The molecular weight excluding hydrogens is 348 g/mol. The summed E-state index contributed by atoms with van der Waals surface area (Å²) in [5, 5.41) is 4.52. The molecule has 0 saturated heterocycles. The summed E-state index contributed by atoms with van der Waals surface area (Å²) in [7, 11) is 0. The largest absolute Gasteiger partial charge is 0.493 e. The Hall–Kier alpha value is -1.59. The predicted octanol–water partition coefficient (Wildman–Crippen LogP) is 4.99. The van der Waals surface area contributed by atoms with E-state index in [1.54, 1.807) is 11.3 Å². The highest BCUT2D eigenvalue weighted by Crippen LogP contribution is 2.36. The smallest absolute Gasteiger partial charge is 0.184 e. The molecule has 1 atom stereocenters. The zero-order valence-electron chi connectivity index (χ0n) is 11.2. The maximum atomic E-state index is 5.70. The van der Waals surface area contributed by atoms with Crippen LogP contribution < -0.4 is 10.1 Å². The number of hydrogen-bond acceptors (Lipinski definition) is 4. The van der Waals surface area contributed by atoms with Gasteiger partial charge in [-0.05, 0) is 24.3 Å². The lowest BCUT2D eigenvalue weighted by molar-refractivity contribution is 0.274. The summed E-state index contributed by atoms with van der Waals surface area (Å²) in [4.78, 5) is 4.67. The molecule has 1 N–H and O–H groups in total. The summed E-state index contributed by atoms with van der Waals surface area (Å²) in [6.07, 6.45) is 0.955. The highest BCUT2D eigenvalue weighted by atomic mass is 79.9. The Labute approximate surface area is 135 Å². The van der Waals surface area contributed by atoms with Crippen molar-refractivity contribution < 1.29 is 4.74 Å². The van der Waals surface area contributed by atoms with Crippen molar-refractivity contribution in [3.8, 4) is 5.75 Å². The van der Waals surface area contributed by atoms with Crippen LogP contribution in [0.3, 0.4) is 0 Å². The number of para-hydroxylation sites is 1. The number of aromatic nitrogens is 1. The molecule has 2 heterocycles. The average molecular weight is 361 g/mol. The van der Waals surface area contributed by atoms with Crippen molar-refractivity contribution in [2.45, 2.75) is 12.5 Å². The van der Waals surface area contributed by atoms with Gasteiger partial charge in [-0.3, -0.25) is 0 Å². The normalized spacial score (nSPS) is 17.3. The van der Waals surface area contributed by atoms with E-state index in [0.717, 1.165) is 33.9 Å². The van der Waals surface area contributed by atoms with Crippen LogP contribution in [0.1, 0.15) is 18.0 Å². The molecule has 106 valence electrons. The molecule has 21 heavy (non-hydrogen) atoms. The van der Waals surface area contributed by atoms with Gasteiger partial charge in [-0.15, -0.1) is 0 Å². The zero-order chi connectivity index (χ0) is 14.2. The first-order valence-corrected chi connectivity index (χ1v) is 8.45. The molecule has 3 aromatic rings. The van der Waals surface area contributed by atoms with Crippen LogP contribution >= 0.6 is 27.3 Å². The van der Waals surface area contributed by atoms with Gasteiger partial charge >= 0.3 is 0 Å². The first-order chi connectivity index (χ1) is 10.3. The van der Waals surface area contributed by atoms with Gasteiger partial charge in [0.15, 0.2) is 5.13 Å². The molecule has 4 rings (SSSR count). The van der Waals surface area contributed by atoms with E-state index in [9.17, 15) is 0 Å². The number of halogens is 1. The predicted molar refractivity (Wildman–Crippen MR) is 90.2 cm³/mol. The third kappa shape index (κ3) is 2.51. The maximum Gasteiger partial charge on any atom is 0.184 e. The molecule has 1 aliphatic heterocycles. The van der Waals surface area contributed by atoms with E-state index in [4.69, 9.17) is 4.74 Å². The third-order valence-corrected chi connectivity index (χ3v) is 5.05. The summed E-state index contributed by atoms with van der Waals surface area (Å²) in [6, 6.07) is 14.6.